The zero-order valence-corrected chi connectivity index (χ0v) is 38.5. The molecule has 0 amide bonds. The summed E-state index contributed by atoms with van der Waals surface area (Å²) in [4.78, 5) is 10.9. The fraction of sp³-hybridized carbons (Fsp3) is 0.0789. The van der Waals surface area contributed by atoms with Crippen LogP contribution in [0, 0.1) is 0 Å². The van der Waals surface area contributed by atoms with Crippen molar-refractivity contribution in [3.05, 3.63) is 102 Å². The molecule has 0 aliphatic heterocycles. The number of fused-ring (bicyclic) bond motifs is 2. The first-order chi connectivity index (χ1) is 29.2. The van der Waals surface area contributed by atoms with Crippen LogP contribution in [-0.2, 0) is 69.7 Å². The molecule has 6 aromatic carbocycles. The van der Waals surface area contributed by atoms with E-state index in [0.717, 1.165) is 55.2 Å². The molecule has 4 N–H and O–H groups in total. The van der Waals surface area contributed by atoms with E-state index < -0.39 is 78.2 Å². The van der Waals surface area contributed by atoms with Crippen LogP contribution in [-0.4, -0.2) is 69.2 Å². The molecular weight excluding hydrogens is 1000 g/mol. The Morgan fingerprint density at radius 1 is 0.571 bits per heavy atom. The zero-order chi connectivity index (χ0) is 44.7. The number of anilines is 4. The number of halogens is 1. The predicted molar refractivity (Wildman–Crippen MR) is 230 cm³/mol. The Bertz CT molecular complexity index is 3470. The van der Waals surface area contributed by atoms with Gasteiger partial charge < -0.3 is 29.3 Å². The second-order valence-corrected chi connectivity index (χ2v) is 20.7. The molecule has 0 fully saturated rings. The number of phenols is 2. The van der Waals surface area contributed by atoms with Crippen LogP contribution in [0.4, 0.5) is 46.0 Å². The van der Waals surface area contributed by atoms with Gasteiger partial charge in [0.2, 0.25) is 17.2 Å². The number of aromatic hydroxyl groups is 2. The number of aromatic nitrogens is 3. The van der Waals surface area contributed by atoms with Crippen molar-refractivity contribution in [3.63, 3.8) is 0 Å². The van der Waals surface area contributed by atoms with E-state index in [1.807, 2.05) is 0 Å². The standard InChI is InChI=1S/C38H29ClN9O10S4.Mo/c1-60(53,54)24-14-20-16-28(59(51)52)32(47-45-22-10-6-4-7-11-22)34(49)30(20)26(18-24)40-37-42-36(39)43-38(44-37)41-27-19-25(61(2,55)56)15-21-17-29(62(3,57)58)33(35(50)31(21)27)48-46-23-12-8-5-9-13-23;/h4-19,49-50H,1-3H3,(H2,40,41,42,43,44);/q-1;. The van der Waals surface area contributed by atoms with Crippen molar-refractivity contribution < 1.29 is 64.9 Å². The van der Waals surface area contributed by atoms with Crippen molar-refractivity contribution in [2.24, 2.45) is 20.5 Å². The fourth-order valence-corrected chi connectivity index (χ4v) is 8.91. The largest absolute Gasteiger partial charge is 0.505 e. The van der Waals surface area contributed by atoms with Crippen molar-refractivity contribution in [2.75, 3.05) is 29.4 Å². The molecule has 0 radical (unpaired) electrons. The normalized spacial score (nSPS) is 12.3. The van der Waals surface area contributed by atoms with Crippen LogP contribution in [0.15, 0.2) is 137 Å². The molecule has 1 heterocycles. The predicted octanol–water partition coefficient (Wildman–Crippen LogP) is 8.44. The summed E-state index contributed by atoms with van der Waals surface area (Å²) in [6, 6.07) is 23.3. The van der Waals surface area contributed by atoms with Gasteiger partial charge in [-0.3, -0.25) is 0 Å². The summed E-state index contributed by atoms with van der Waals surface area (Å²) in [6.07, 6.45) is 2.70. The number of sulfone groups is 3. The summed E-state index contributed by atoms with van der Waals surface area (Å²) < 4.78 is 102. The number of nitrogens with one attached hydrogen (secondary N) is 2. The molecule has 0 atom stereocenters. The van der Waals surface area contributed by atoms with Crippen molar-refractivity contribution in [1.29, 1.82) is 0 Å². The van der Waals surface area contributed by atoms with Crippen LogP contribution >= 0.6 is 11.6 Å². The zero-order valence-electron chi connectivity index (χ0n) is 32.4. The van der Waals surface area contributed by atoms with Gasteiger partial charge in [-0.05, 0) is 92.6 Å². The Morgan fingerprint density at radius 3 is 1.43 bits per heavy atom. The molecule has 19 nitrogen and oxygen atoms in total. The van der Waals surface area contributed by atoms with Gasteiger partial charge >= 0.3 is 0 Å². The average molecular weight is 1030 g/mol. The molecule has 1 aromatic heterocycles. The van der Waals surface area contributed by atoms with E-state index in [0.29, 0.717) is 11.4 Å². The van der Waals surface area contributed by atoms with Crippen LogP contribution in [0.2, 0.25) is 5.28 Å². The van der Waals surface area contributed by atoms with Gasteiger partial charge in [0.25, 0.3) is 0 Å². The fourth-order valence-electron chi connectivity index (χ4n) is 6.06. The number of hydrogen-bond donors (Lipinski definition) is 4. The first-order valence-corrected chi connectivity index (χ1v) is 24.6. The van der Waals surface area contributed by atoms with E-state index >= 15 is 0 Å². The van der Waals surface area contributed by atoms with Crippen LogP contribution in [0.3, 0.4) is 0 Å². The first kappa shape index (κ1) is 46.5. The van der Waals surface area contributed by atoms with Crippen LogP contribution < -0.4 is 10.6 Å². The molecule has 0 saturated heterocycles. The molecule has 7 rings (SSSR count). The van der Waals surface area contributed by atoms with Gasteiger partial charge in [0, 0.05) is 50.6 Å². The van der Waals surface area contributed by atoms with Crippen LogP contribution in [0.5, 0.6) is 11.5 Å². The molecule has 0 spiro atoms. The molecule has 0 unspecified atom stereocenters. The van der Waals surface area contributed by atoms with Crippen molar-refractivity contribution >= 4 is 119 Å². The number of azo groups is 2. The van der Waals surface area contributed by atoms with Crippen LogP contribution in [0.25, 0.3) is 21.5 Å². The molecule has 0 bridgehead atoms. The number of rotatable bonds is 12. The van der Waals surface area contributed by atoms with E-state index in [2.05, 4.69) is 46.0 Å². The van der Waals surface area contributed by atoms with Gasteiger partial charge in [-0.25, -0.2) is 25.3 Å². The van der Waals surface area contributed by atoms with Crippen molar-refractivity contribution in [2.45, 2.75) is 19.6 Å². The molecule has 25 heteroatoms. The first-order valence-electron chi connectivity index (χ1n) is 17.4. The minimum Gasteiger partial charge on any atom is -0.505 e. The Hall–Kier alpha value is -5.97. The monoisotopic (exact) mass is 1030 g/mol. The van der Waals surface area contributed by atoms with Crippen LogP contribution in [0.1, 0.15) is 0 Å². The topological polar surface area (TPSA) is 289 Å². The number of hydrogen-bond acceptors (Lipinski definition) is 20. The second kappa shape index (κ2) is 18.0. The minimum absolute atomic E-state index is 0. The third-order valence-electron chi connectivity index (χ3n) is 8.83. The van der Waals surface area contributed by atoms with E-state index in [4.69, 9.17) is 11.6 Å². The average Bonchev–Trinajstić information content (AvgIpc) is 3.19. The molecule has 0 aliphatic carbocycles. The van der Waals surface area contributed by atoms with Gasteiger partial charge in [0.15, 0.2) is 41.0 Å². The summed E-state index contributed by atoms with van der Waals surface area (Å²) in [5.74, 6) is -2.18. The van der Waals surface area contributed by atoms with E-state index in [-0.39, 0.29) is 75.7 Å². The molecule has 63 heavy (non-hydrogen) atoms. The van der Waals surface area contributed by atoms with Crippen molar-refractivity contribution in [3.8, 4) is 11.5 Å². The van der Waals surface area contributed by atoms with Gasteiger partial charge in [0.05, 0.1) is 37.4 Å². The molecular formula is C38H29ClMoN9O10S4-. The van der Waals surface area contributed by atoms with E-state index in [1.165, 1.54) is 0 Å². The Kier molecular flexibility index (Phi) is 13.3. The molecule has 0 saturated carbocycles. The summed E-state index contributed by atoms with van der Waals surface area (Å²) in [7, 11) is -15.1. The van der Waals surface area contributed by atoms with Crippen molar-refractivity contribution in [1.82, 2.24) is 15.0 Å². The van der Waals surface area contributed by atoms with Gasteiger partial charge in [-0.1, -0.05) is 42.5 Å². The SMILES string of the molecule is CS(=O)(=O)c1cc(Nc2nc(Cl)nc(Nc3cc(S(C)(=O)=O)cc4cc(S(C)(=O)=O)c(N=Nc5ccccc5)c(O)c34)n2)c2c(O)c(N=Nc3ccccc3)c([S-](=O)=O)cc2c1.[Mo]. The maximum Gasteiger partial charge on any atom is 0.233 e. The maximum atomic E-state index is 13.0. The Morgan fingerprint density at radius 2 is 1.00 bits per heavy atom. The number of benzene rings is 6. The van der Waals surface area contributed by atoms with E-state index in [1.54, 1.807) is 60.7 Å². The second-order valence-electron chi connectivity index (χ2n) is 13.4. The Labute approximate surface area is 380 Å². The summed E-state index contributed by atoms with van der Waals surface area (Å²) in [5.41, 5.74) is -0.615. The smallest absolute Gasteiger partial charge is 0.233 e. The molecule has 324 valence electrons. The third-order valence-corrected chi connectivity index (χ3v) is 13.0. The summed E-state index contributed by atoms with van der Waals surface area (Å²) >= 11 is 6.34. The summed E-state index contributed by atoms with van der Waals surface area (Å²) in [5, 5.41) is 44.2. The quantitative estimate of drug-likeness (QED) is 0.0507. The Balaban J connectivity index is 0.00000661. The number of nitrogens with zero attached hydrogens (tertiary/aromatic N) is 7. The summed E-state index contributed by atoms with van der Waals surface area (Å²) in [6.45, 7) is 0. The minimum atomic E-state index is -4.11. The van der Waals surface area contributed by atoms with E-state index in [9.17, 15) is 43.9 Å². The maximum absolute atomic E-state index is 13.0. The third kappa shape index (κ3) is 10.3. The van der Waals surface area contributed by atoms with Gasteiger partial charge in [0.1, 0.15) is 11.4 Å². The molecule has 0 aliphatic rings. The number of phenolic OH excluding ortho intramolecular Hbond substituents is 2. The van der Waals surface area contributed by atoms with Gasteiger partial charge in [-0.2, -0.15) is 25.2 Å². The molecule has 7 aromatic rings. The van der Waals surface area contributed by atoms with Gasteiger partial charge in [-0.15, -0.1) is 10.2 Å².